The van der Waals surface area contributed by atoms with Crippen molar-refractivity contribution in [2.75, 3.05) is 38.1 Å². The van der Waals surface area contributed by atoms with Crippen molar-refractivity contribution < 1.29 is 19.1 Å². The Morgan fingerprint density at radius 1 is 0.935 bits per heavy atom. The van der Waals surface area contributed by atoms with E-state index in [1.165, 1.54) is 49.0 Å². The monoisotopic (exact) mass is 643 g/mol. The van der Waals surface area contributed by atoms with Gasteiger partial charge in [-0.1, -0.05) is 25.3 Å². The molecule has 46 heavy (non-hydrogen) atoms. The maximum absolute atomic E-state index is 13.3. The maximum Gasteiger partial charge on any atom is 0.257 e. The summed E-state index contributed by atoms with van der Waals surface area (Å²) >= 11 is 1.39. The van der Waals surface area contributed by atoms with Gasteiger partial charge in [0.2, 0.25) is 5.91 Å². The molecule has 10 heteroatoms. The van der Waals surface area contributed by atoms with E-state index in [1.54, 1.807) is 31.2 Å². The lowest BCUT2D eigenvalue weighted by Gasteiger charge is -2.36. The molecule has 0 radical (unpaired) electrons. The van der Waals surface area contributed by atoms with Crippen LogP contribution in [0, 0.1) is 0 Å². The molecule has 3 aliphatic rings. The van der Waals surface area contributed by atoms with Crippen molar-refractivity contribution in [3.8, 4) is 17.0 Å². The lowest BCUT2D eigenvalue weighted by Crippen LogP contribution is -2.47. The van der Waals surface area contributed by atoms with E-state index in [2.05, 4.69) is 33.7 Å². The molecule has 0 unspecified atom stereocenters. The van der Waals surface area contributed by atoms with Gasteiger partial charge in [0, 0.05) is 67.3 Å². The Hall–Kier alpha value is -3.76. The first-order valence-corrected chi connectivity index (χ1v) is 17.7. The fourth-order valence-corrected chi connectivity index (χ4v) is 7.95. The first kappa shape index (κ1) is 32.2. The standard InChI is InChI=1S/C36H45N5O4S/c1-3-45-33-14-13-28(25-7-5-4-6-8-25)21-31(33)32-23-46-36(38-32)39-34(43)26-9-11-27(12-10-26)35(44)40-19-16-30(17-20-40)41-18-15-29(22-41)37-24(2)42/h9-14,21,23,25,29-30H,3-8,15-20,22H2,1-2H3,(H,37,42)(H,38,39,43)/t29-/m1/s1. The van der Waals surface area contributed by atoms with Gasteiger partial charge < -0.3 is 15.0 Å². The minimum absolute atomic E-state index is 0.00641. The van der Waals surface area contributed by atoms with E-state index in [9.17, 15) is 14.4 Å². The quantitative estimate of drug-likeness (QED) is 0.283. The minimum Gasteiger partial charge on any atom is -0.493 e. The molecule has 2 N–H and O–H groups in total. The normalized spacial score (nSPS) is 19.6. The second kappa shape index (κ2) is 14.8. The number of amides is 3. The predicted molar refractivity (Wildman–Crippen MR) is 182 cm³/mol. The molecular weight excluding hydrogens is 598 g/mol. The number of nitrogens with zero attached hydrogens (tertiary/aromatic N) is 3. The summed E-state index contributed by atoms with van der Waals surface area (Å²) < 4.78 is 5.94. The lowest BCUT2D eigenvalue weighted by molar-refractivity contribution is -0.119. The zero-order chi connectivity index (χ0) is 32.0. The number of benzene rings is 2. The van der Waals surface area contributed by atoms with E-state index in [0.717, 1.165) is 49.4 Å². The highest BCUT2D eigenvalue weighted by Crippen LogP contribution is 2.39. The third kappa shape index (κ3) is 7.61. The Kier molecular flexibility index (Phi) is 10.3. The molecule has 3 amide bonds. The van der Waals surface area contributed by atoms with E-state index in [1.807, 2.05) is 17.2 Å². The van der Waals surface area contributed by atoms with Crippen molar-refractivity contribution in [2.45, 2.75) is 83.2 Å². The molecule has 2 aliphatic heterocycles. The molecule has 0 spiro atoms. The summed E-state index contributed by atoms with van der Waals surface area (Å²) in [6, 6.07) is 14.0. The molecular formula is C36H45N5O4S. The topological polar surface area (TPSA) is 104 Å². The second-order valence-electron chi connectivity index (χ2n) is 12.8. The number of piperidine rings is 1. The van der Waals surface area contributed by atoms with Crippen molar-refractivity contribution in [1.82, 2.24) is 20.1 Å². The van der Waals surface area contributed by atoms with Gasteiger partial charge in [0.15, 0.2) is 5.13 Å². The van der Waals surface area contributed by atoms with Gasteiger partial charge in [-0.3, -0.25) is 24.6 Å². The zero-order valence-corrected chi connectivity index (χ0v) is 27.7. The summed E-state index contributed by atoms with van der Waals surface area (Å²) in [4.78, 5) is 46.9. The molecule has 3 aromatic rings. The van der Waals surface area contributed by atoms with Crippen molar-refractivity contribution in [1.29, 1.82) is 0 Å². The van der Waals surface area contributed by atoms with Crippen LogP contribution in [0.4, 0.5) is 5.13 Å². The van der Waals surface area contributed by atoms with Crippen LogP contribution in [0.1, 0.15) is 97.4 Å². The Bertz CT molecular complexity index is 1530. The summed E-state index contributed by atoms with van der Waals surface area (Å²) in [5.41, 5.74) is 4.15. The Balaban J connectivity index is 1.04. The number of likely N-dealkylation sites (tertiary alicyclic amines) is 2. The highest BCUT2D eigenvalue weighted by Gasteiger charge is 2.32. The maximum atomic E-state index is 13.3. The summed E-state index contributed by atoms with van der Waals surface area (Å²) in [7, 11) is 0. The third-order valence-electron chi connectivity index (χ3n) is 9.67. The molecule has 1 aliphatic carbocycles. The second-order valence-corrected chi connectivity index (χ2v) is 13.7. The van der Waals surface area contributed by atoms with Gasteiger partial charge in [-0.15, -0.1) is 11.3 Å². The van der Waals surface area contributed by atoms with Crippen LogP contribution < -0.4 is 15.4 Å². The number of aromatic nitrogens is 1. The number of carbonyl (C=O) groups is 3. The molecule has 2 saturated heterocycles. The summed E-state index contributed by atoms with van der Waals surface area (Å²) in [6.45, 7) is 7.39. The van der Waals surface area contributed by atoms with Gasteiger partial charge >= 0.3 is 0 Å². The van der Waals surface area contributed by atoms with E-state index >= 15 is 0 Å². The minimum atomic E-state index is -0.259. The van der Waals surface area contributed by atoms with Gasteiger partial charge in [-0.05, 0) is 86.9 Å². The number of hydrogen-bond acceptors (Lipinski definition) is 7. The molecule has 244 valence electrons. The fraction of sp³-hybridized carbons (Fsp3) is 0.500. The number of rotatable bonds is 9. The van der Waals surface area contributed by atoms with E-state index in [-0.39, 0.29) is 23.8 Å². The molecule has 0 bridgehead atoms. The molecule has 2 aromatic carbocycles. The van der Waals surface area contributed by atoms with Crippen LogP contribution in [0.5, 0.6) is 5.75 Å². The molecule has 1 aromatic heterocycles. The summed E-state index contributed by atoms with van der Waals surface area (Å²) in [5, 5.41) is 8.46. The number of nitrogens with one attached hydrogen (secondary N) is 2. The van der Waals surface area contributed by atoms with Crippen LogP contribution in [0.25, 0.3) is 11.3 Å². The number of hydrogen-bond donors (Lipinski definition) is 2. The predicted octanol–water partition coefficient (Wildman–Crippen LogP) is 6.32. The van der Waals surface area contributed by atoms with Crippen molar-refractivity contribution in [3.63, 3.8) is 0 Å². The highest BCUT2D eigenvalue weighted by molar-refractivity contribution is 7.14. The van der Waals surface area contributed by atoms with Gasteiger partial charge in [-0.25, -0.2) is 4.98 Å². The van der Waals surface area contributed by atoms with Gasteiger partial charge in [0.1, 0.15) is 5.75 Å². The van der Waals surface area contributed by atoms with Crippen LogP contribution in [0.15, 0.2) is 47.8 Å². The fourth-order valence-electron chi connectivity index (χ4n) is 7.25. The van der Waals surface area contributed by atoms with Crippen molar-refractivity contribution in [3.05, 3.63) is 64.5 Å². The number of thiazole rings is 1. The molecule has 3 heterocycles. The highest BCUT2D eigenvalue weighted by atomic mass is 32.1. The number of carbonyl (C=O) groups excluding carboxylic acids is 3. The van der Waals surface area contributed by atoms with Crippen molar-refractivity contribution in [2.24, 2.45) is 0 Å². The number of anilines is 1. The Morgan fingerprint density at radius 3 is 2.39 bits per heavy atom. The average molecular weight is 644 g/mol. The molecule has 3 fully saturated rings. The SMILES string of the molecule is CCOc1ccc(C2CCCCC2)cc1-c1csc(NC(=O)c2ccc(C(=O)N3CCC(N4CC[C@@H](NC(C)=O)C4)CC3)cc2)n1. The van der Waals surface area contributed by atoms with Crippen molar-refractivity contribution >= 4 is 34.2 Å². The van der Waals surface area contributed by atoms with E-state index < -0.39 is 0 Å². The van der Waals surface area contributed by atoms with Crippen LogP contribution in [-0.4, -0.2) is 77.4 Å². The third-order valence-corrected chi connectivity index (χ3v) is 10.4. The molecule has 9 nitrogen and oxygen atoms in total. The van der Waals surface area contributed by atoms with Crippen LogP contribution in [0.3, 0.4) is 0 Å². The lowest BCUT2D eigenvalue weighted by atomic mass is 9.83. The van der Waals surface area contributed by atoms with E-state index in [4.69, 9.17) is 9.72 Å². The first-order valence-electron chi connectivity index (χ1n) is 16.8. The van der Waals surface area contributed by atoms with Crippen LogP contribution >= 0.6 is 11.3 Å². The summed E-state index contributed by atoms with van der Waals surface area (Å²) in [6.07, 6.45) is 9.12. The summed E-state index contributed by atoms with van der Waals surface area (Å²) in [5.74, 6) is 1.14. The van der Waals surface area contributed by atoms with Gasteiger partial charge in [0.05, 0.1) is 12.3 Å². The van der Waals surface area contributed by atoms with Gasteiger partial charge in [0.25, 0.3) is 11.8 Å². The van der Waals surface area contributed by atoms with Crippen LogP contribution in [-0.2, 0) is 4.79 Å². The van der Waals surface area contributed by atoms with Gasteiger partial charge in [-0.2, -0.15) is 0 Å². The zero-order valence-electron chi connectivity index (χ0n) is 26.9. The average Bonchev–Trinajstić information content (AvgIpc) is 3.75. The smallest absolute Gasteiger partial charge is 0.257 e. The van der Waals surface area contributed by atoms with E-state index in [0.29, 0.717) is 47.9 Å². The number of ether oxygens (including phenoxy) is 1. The Morgan fingerprint density at radius 2 is 1.67 bits per heavy atom. The van der Waals surface area contributed by atoms with Crippen LogP contribution in [0.2, 0.25) is 0 Å². The largest absolute Gasteiger partial charge is 0.493 e. The Labute approximate surface area is 275 Å². The molecule has 1 atom stereocenters. The first-order chi connectivity index (χ1) is 22.4. The molecule has 6 rings (SSSR count). The molecule has 1 saturated carbocycles.